The van der Waals surface area contributed by atoms with Gasteiger partial charge in [0.05, 0.1) is 10.9 Å². The van der Waals surface area contributed by atoms with Crippen LogP contribution in [-0.4, -0.2) is 70.7 Å². The summed E-state index contributed by atoms with van der Waals surface area (Å²) in [7, 11) is 0. The van der Waals surface area contributed by atoms with E-state index in [0.29, 0.717) is 30.8 Å². The van der Waals surface area contributed by atoms with E-state index >= 15 is 0 Å². The first kappa shape index (κ1) is 19.5. The third-order valence-electron chi connectivity index (χ3n) is 6.93. The normalized spacial score (nSPS) is 31.3. The fraction of sp³-hybridized carbons (Fsp3) is 0.619. The molecule has 1 aromatic rings. The molecule has 1 aromatic heterocycles. The molecule has 30 heavy (non-hydrogen) atoms. The summed E-state index contributed by atoms with van der Waals surface area (Å²) in [5, 5.41) is 7.81. The van der Waals surface area contributed by atoms with E-state index in [4.69, 9.17) is 0 Å². The molecule has 1 saturated carbocycles. The molecule has 5 rings (SSSR count). The van der Waals surface area contributed by atoms with Gasteiger partial charge in [-0.25, -0.2) is 0 Å². The highest BCUT2D eigenvalue weighted by atomic mass is 32.1. The van der Waals surface area contributed by atoms with Gasteiger partial charge in [0.1, 0.15) is 12.1 Å². The van der Waals surface area contributed by atoms with E-state index in [9.17, 15) is 19.2 Å². The topological polar surface area (TPSA) is 98.8 Å². The molecule has 0 aromatic carbocycles. The van der Waals surface area contributed by atoms with Gasteiger partial charge >= 0.3 is 0 Å². The van der Waals surface area contributed by atoms with Gasteiger partial charge in [0.25, 0.3) is 5.91 Å². The van der Waals surface area contributed by atoms with Gasteiger partial charge < -0.3 is 20.4 Å². The second-order valence-electron chi connectivity index (χ2n) is 8.75. The van der Waals surface area contributed by atoms with E-state index in [1.807, 2.05) is 11.4 Å². The molecule has 4 atom stereocenters. The molecule has 0 radical (unpaired) electrons. The summed E-state index contributed by atoms with van der Waals surface area (Å²) < 4.78 is 0. The van der Waals surface area contributed by atoms with Crippen molar-refractivity contribution in [2.24, 2.45) is 5.92 Å². The number of hydrogen-bond donors (Lipinski definition) is 2. The number of hydrogen-bond acceptors (Lipinski definition) is 5. The lowest BCUT2D eigenvalue weighted by Crippen LogP contribution is -2.53. The molecule has 8 nitrogen and oxygen atoms in total. The highest BCUT2D eigenvalue weighted by Crippen LogP contribution is 2.33. The quantitative estimate of drug-likeness (QED) is 0.739. The van der Waals surface area contributed by atoms with Crippen LogP contribution in [0, 0.1) is 5.92 Å². The van der Waals surface area contributed by atoms with Crippen LogP contribution in [0.3, 0.4) is 0 Å². The van der Waals surface area contributed by atoms with Crippen molar-refractivity contribution in [1.82, 2.24) is 20.4 Å². The summed E-state index contributed by atoms with van der Waals surface area (Å²) >= 11 is 1.36. The summed E-state index contributed by atoms with van der Waals surface area (Å²) in [4.78, 5) is 55.7. The summed E-state index contributed by atoms with van der Waals surface area (Å²) in [6, 6.07) is 1.74. The van der Waals surface area contributed by atoms with Crippen molar-refractivity contribution in [3.63, 3.8) is 0 Å². The summed E-state index contributed by atoms with van der Waals surface area (Å²) in [6.07, 6.45) is 4.89. The monoisotopic (exact) mass is 430 g/mol. The van der Waals surface area contributed by atoms with E-state index in [1.165, 1.54) is 11.3 Å². The largest absolute Gasteiger partial charge is 0.349 e. The Kier molecular flexibility index (Phi) is 5.00. The third kappa shape index (κ3) is 3.29. The Morgan fingerprint density at radius 1 is 1.17 bits per heavy atom. The Hall–Kier alpha value is -2.42. The Labute approximate surface area is 179 Å². The Morgan fingerprint density at radius 2 is 1.97 bits per heavy atom. The molecule has 9 heteroatoms. The van der Waals surface area contributed by atoms with Crippen molar-refractivity contribution in [3.8, 4) is 0 Å². The zero-order valence-electron chi connectivity index (χ0n) is 16.7. The van der Waals surface area contributed by atoms with Crippen LogP contribution in [-0.2, 0) is 14.4 Å². The minimum Gasteiger partial charge on any atom is -0.349 e. The highest BCUT2D eigenvalue weighted by Gasteiger charge is 2.53. The standard InChI is InChI=1S/C21H26N4O4S/c26-18-15-10-13(22-19(27)16-6-3-9-30-16)11-25(15)21(29)17-14(23-18)7-8-24(17)20(28)12-4-1-2-5-12/h3,6,9,12-15,17H,1-2,4-5,7-8,10-11H2,(H,22,27)(H,23,26)/t13-,14-,15+,17+/m1/s1. The number of nitrogens with one attached hydrogen (secondary N) is 2. The Morgan fingerprint density at radius 3 is 2.70 bits per heavy atom. The van der Waals surface area contributed by atoms with Gasteiger partial charge in [0.2, 0.25) is 17.7 Å². The minimum absolute atomic E-state index is 0.00251. The number of rotatable bonds is 3. The van der Waals surface area contributed by atoms with Crippen LogP contribution in [0.25, 0.3) is 0 Å². The van der Waals surface area contributed by atoms with Crippen molar-refractivity contribution in [1.29, 1.82) is 0 Å². The highest BCUT2D eigenvalue weighted by molar-refractivity contribution is 7.12. The fourth-order valence-electron chi connectivity index (χ4n) is 5.45. The number of amides is 4. The molecule has 1 aliphatic carbocycles. The molecular formula is C21H26N4O4S. The zero-order chi connectivity index (χ0) is 20.8. The summed E-state index contributed by atoms with van der Waals surface area (Å²) in [5.74, 6) is -0.471. The van der Waals surface area contributed by atoms with Gasteiger partial charge in [-0.2, -0.15) is 0 Å². The van der Waals surface area contributed by atoms with Crippen LogP contribution in [0.1, 0.15) is 48.2 Å². The Balaban J connectivity index is 1.33. The number of fused-ring (bicyclic) bond motifs is 2. The Bertz CT molecular complexity index is 866. The van der Waals surface area contributed by atoms with Gasteiger partial charge in [-0.3, -0.25) is 19.2 Å². The van der Waals surface area contributed by atoms with Gasteiger partial charge in [-0.05, 0) is 37.1 Å². The van der Waals surface area contributed by atoms with Crippen LogP contribution in [0.15, 0.2) is 17.5 Å². The molecule has 0 unspecified atom stereocenters. The van der Waals surface area contributed by atoms with Crippen LogP contribution < -0.4 is 10.6 Å². The van der Waals surface area contributed by atoms with Gasteiger partial charge in [0.15, 0.2) is 0 Å². The predicted octanol–water partition coefficient (Wildman–Crippen LogP) is 0.737. The van der Waals surface area contributed by atoms with E-state index in [1.54, 1.807) is 15.9 Å². The van der Waals surface area contributed by atoms with Crippen LogP contribution in [0.5, 0.6) is 0 Å². The van der Waals surface area contributed by atoms with Gasteiger partial charge in [-0.15, -0.1) is 11.3 Å². The van der Waals surface area contributed by atoms with Gasteiger partial charge in [-0.1, -0.05) is 18.9 Å². The number of carbonyl (C=O) groups is 4. The van der Waals surface area contributed by atoms with Crippen molar-refractivity contribution >= 4 is 35.0 Å². The van der Waals surface area contributed by atoms with E-state index < -0.39 is 12.1 Å². The van der Waals surface area contributed by atoms with Gasteiger partial charge in [0, 0.05) is 25.0 Å². The number of thiophene rings is 1. The lowest BCUT2D eigenvalue weighted by Gasteiger charge is -2.30. The molecule has 4 fully saturated rings. The maximum Gasteiger partial charge on any atom is 0.261 e. The van der Waals surface area contributed by atoms with E-state index in [-0.39, 0.29) is 41.6 Å². The molecule has 3 aliphatic heterocycles. The zero-order valence-corrected chi connectivity index (χ0v) is 17.5. The van der Waals surface area contributed by atoms with E-state index in [2.05, 4.69) is 10.6 Å². The predicted molar refractivity (Wildman–Crippen MR) is 110 cm³/mol. The lowest BCUT2D eigenvalue weighted by atomic mass is 10.0. The molecule has 0 bridgehead atoms. The van der Waals surface area contributed by atoms with Crippen molar-refractivity contribution < 1.29 is 19.2 Å². The number of carbonyl (C=O) groups excluding carboxylic acids is 4. The smallest absolute Gasteiger partial charge is 0.261 e. The molecule has 4 heterocycles. The lowest BCUT2D eigenvalue weighted by molar-refractivity contribution is -0.146. The maximum atomic E-state index is 13.5. The second-order valence-corrected chi connectivity index (χ2v) is 9.70. The maximum absolute atomic E-state index is 13.5. The molecule has 4 amide bonds. The van der Waals surface area contributed by atoms with Crippen molar-refractivity contribution in [2.45, 2.75) is 62.7 Å². The van der Waals surface area contributed by atoms with E-state index in [0.717, 1.165) is 25.7 Å². The number of nitrogens with zero attached hydrogens (tertiary/aromatic N) is 2. The number of likely N-dealkylation sites (tertiary alicyclic amines) is 1. The third-order valence-corrected chi connectivity index (χ3v) is 7.80. The summed E-state index contributed by atoms with van der Waals surface area (Å²) in [5.41, 5.74) is 0. The van der Waals surface area contributed by atoms with Crippen LogP contribution in [0.2, 0.25) is 0 Å². The molecule has 4 aliphatic rings. The van der Waals surface area contributed by atoms with Crippen LogP contribution >= 0.6 is 11.3 Å². The van der Waals surface area contributed by atoms with Crippen molar-refractivity contribution in [3.05, 3.63) is 22.4 Å². The average Bonchev–Trinajstić information content (AvgIpc) is 3.53. The molecule has 2 N–H and O–H groups in total. The molecule has 3 saturated heterocycles. The first-order chi connectivity index (χ1) is 14.5. The average molecular weight is 431 g/mol. The molecule has 160 valence electrons. The first-order valence-electron chi connectivity index (χ1n) is 10.8. The molecule has 0 spiro atoms. The van der Waals surface area contributed by atoms with Crippen LogP contribution in [0.4, 0.5) is 0 Å². The summed E-state index contributed by atoms with van der Waals surface area (Å²) in [6.45, 7) is 0.802. The molecular weight excluding hydrogens is 404 g/mol. The first-order valence-corrected chi connectivity index (χ1v) is 11.7. The minimum atomic E-state index is -0.626. The van der Waals surface area contributed by atoms with Crippen molar-refractivity contribution in [2.75, 3.05) is 13.1 Å². The fourth-order valence-corrected chi connectivity index (χ4v) is 6.08. The second kappa shape index (κ2) is 7.68. The SMILES string of the molecule is O=C(N[C@@H]1C[C@H]2C(=O)N[C@@H]3CCN(C(=O)C4CCCC4)[C@@H]3C(=O)N2C1)c1cccs1.